The largest absolute Gasteiger partial charge is 0.501 e. The average molecular weight is 139 g/mol. The first kappa shape index (κ1) is 6.23. The summed E-state index contributed by atoms with van der Waals surface area (Å²) in [6, 6.07) is 0.438. The minimum atomic E-state index is 0.438. The van der Waals surface area contributed by atoms with Crippen LogP contribution in [-0.4, -0.2) is 12.6 Å². The highest BCUT2D eigenvalue weighted by molar-refractivity contribution is 5.17. The molecular weight excluding hydrogens is 126 g/mol. The van der Waals surface area contributed by atoms with Gasteiger partial charge in [-0.25, -0.2) is 0 Å². The van der Waals surface area contributed by atoms with Crippen LogP contribution in [0.15, 0.2) is 11.8 Å². The van der Waals surface area contributed by atoms with E-state index in [-0.39, 0.29) is 0 Å². The van der Waals surface area contributed by atoms with Crippen LogP contribution < -0.4 is 5.73 Å². The zero-order valence-corrected chi connectivity index (χ0v) is 6.05. The number of ether oxygens (including phenoxy) is 1. The number of hydrogen-bond donors (Lipinski definition) is 1. The van der Waals surface area contributed by atoms with E-state index in [1.165, 1.54) is 24.8 Å². The summed E-state index contributed by atoms with van der Waals surface area (Å²) in [5.41, 5.74) is 7.14. The first-order valence-electron chi connectivity index (χ1n) is 3.94. The zero-order valence-electron chi connectivity index (χ0n) is 6.05. The lowest BCUT2D eigenvalue weighted by atomic mass is 10.1. The Morgan fingerprint density at radius 1 is 1.60 bits per heavy atom. The molecule has 2 aliphatic rings. The van der Waals surface area contributed by atoms with Crippen LogP contribution in [0.25, 0.3) is 0 Å². The second-order valence-corrected chi connectivity index (χ2v) is 3.17. The van der Waals surface area contributed by atoms with E-state index >= 15 is 0 Å². The second kappa shape index (κ2) is 2.27. The molecule has 2 atom stereocenters. The molecule has 0 saturated heterocycles. The van der Waals surface area contributed by atoms with E-state index in [0.29, 0.717) is 12.0 Å². The van der Waals surface area contributed by atoms with Gasteiger partial charge in [0.2, 0.25) is 0 Å². The van der Waals surface area contributed by atoms with Gasteiger partial charge in [-0.05, 0) is 30.8 Å². The lowest BCUT2D eigenvalue weighted by Crippen LogP contribution is -2.07. The Morgan fingerprint density at radius 3 is 2.90 bits per heavy atom. The third-order valence-corrected chi connectivity index (χ3v) is 2.28. The molecule has 2 heteroatoms. The fourth-order valence-electron chi connectivity index (χ4n) is 1.50. The van der Waals surface area contributed by atoms with E-state index in [1.807, 2.05) is 6.26 Å². The average Bonchev–Trinajstić information content (AvgIpc) is 2.69. The molecule has 1 aliphatic carbocycles. The summed E-state index contributed by atoms with van der Waals surface area (Å²) >= 11 is 0. The molecule has 1 heterocycles. The van der Waals surface area contributed by atoms with E-state index in [2.05, 4.69) is 0 Å². The lowest BCUT2D eigenvalue weighted by molar-refractivity contribution is 0.222. The maximum absolute atomic E-state index is 5.70. The van der Waals surface area contributed by atoms with Crippen LogP contribution in [0.5, 0.6) is 0 Å². The third kappa shape index (κ3) is 1.03. The van der Waals surface area contributed by atoms with Gasteiger partial charge in [0.05, 0.1) is 12.9 Å². The molecule has 0 spiro atoms. The van der Waals surface area contributed by atoms with Crippen LogP contribution in [0.1, 0.15) is 19.3 Å². The van der Waals surface area contributed by atoms with Gasteiger partial charge < -0.3 is 10.5 Å². The van der Waals surface area contributed by atoms with Crippen LogP contribution in [0.2, 0.25) is 0 Å². The molecule has 0 amide bonds. The Morgan fingerprint density at radius 2 is 2.40 bits per heavy atom. The van der Waals surface area contributed by atoms with E-state index < -0.39 is 0 Å². The van der Waals surface area contributed by atoms with E-state index in [9.17, 15) is 0 Å². The van der Waals surface area contributed by atoms with Crippen molar-refractivity contribution < 1.29 is 4.74 Å². The van der Waals surface area contributed by atoms with Gasteiger partial charge in [-0.1, -0.05) is 0 Å². The molecule has 2 rings (SSSR count). The highest BCUT2D eigenvalue weighted by Crippen LogP contribution is 2.38. The molecule has 56 valence electrons. The highest BCUT2D eigenvalue weighted by Gasteiger charge is 2.36. The summed E-state index contributed by atoms with van der Waals surface area (Å²) in [5.74, 6) is 0.667. The quantitative estimate of drug-likeness (QED) is 0.589. The van der Waals surface area contributed by atoms with Crippen LogP contribution in [0.3, 0.4) is 0 Å². The number of nitrogens with two attached hydrogens (primary N) is 1. The SMILES string of the molecule is NC1CC1C1=COCCC1. The summed E-state index contributed by atoms with van der Waals surface area (Å²) in [5, 5.41) is 0. The molecular formula is C8H13NO. The fraction of sp³-hybridized carbons (Fsp3) is 0.750. The normalized spacial score (nSPS) is 38.3. The van der Waals surface area contributed by atoms with Crippen LogP contribution in [-0.2, 0) is 4.74 Å². The Labute approximate surface area is 61.0 Å². The molecule has 1 aliphatic heterocycles. The van der Waals surface area contributed by atoms with Gasteiger partial charge in [0.1, 0.15) is 0 Å². The van der Waals surface area contributed by atoms with Crippen molar-refractivity contribution in [3.05, 3.63) is 11.8 Å². The first-order chi connectivity index (χ1) is 4.88. The summed E-state index contributed by atoms with van der Waals surface area (Å²) < 4.78 is 5.21. The lowest BCUT2D eigenvalue weighted by Gasteiger charge is -2.12. The van der Waals surface area contributed by atoms with Gasteiger partial charge in [0.25, 0.3) is 0 Å². The van der Waals surface area contributed by atoms with Crippen molar-refractivity contribution in [1.82, 2.24) is 0 Å². The van der Waals surface area contributed by atoms with Crippen molar-refractivity contribution >= 4 is 0 Å². The third-order valence-electron chi connectivity index (χ3n) is 2.28. The van der Waals surface area contributed by atoms with Crippen molar-refractivity contribution in [2.75, 3.05) is 6.61 Å². The van der Waals surface area contributed by atoms with Gasteiger partial charge in [0.15, 0.2) is 0 Å². The molecule has 0 radical (unpaired) electrons. The number of hydrogen-bond acceptors (Lipinski definition) is 2. The van der Waals surface area contributed by atoms with Gasteiger partial charge in [0, 0.05) is 6.04 Å². The van der Waals surface area contributed by atoms with Crippen molar-refractivity contribution in [3.8, 4) is 0 Å². The predicted molar refractivity (Wildman–Crippen MR) is 39.4 cm³/mol. The van der Waals surface area contributed by atoms with Crippen LogP contribution >= 0.6 is 0 Å². The van der Waals surface area contributed by atoms with Crippen LogP contribution in [0.4, 0.5) is 0 Å². The minimum absolute atomic E-state index is 0.438. The highest BCUT2D eigenvalue weighted by atomic mass is 16.5. The molecule has 2 unspecified atom stereocenters. The van der Waals surface area contributed by atoms with E-state index in [0.717, 1.165) is 6.61 Å². The smallest absolute Gasteiger partial charge is 0.0876 e. The van der Waals surface area contributed by atoms with Gasteiger partial charge in [-0.2, -0.15) is 0 Å². The second-order valence-electron chi connectivity index (χ2n) is 3.17. The molecule has 0 bridgehead atoms. The standard InChI is InChI=1S/C8H13NO/c9-8-4-7(8)6-2-1-3-10-5-6/h5,7-8H,1-4,9H2. The first-order valence-corrected chi connectivity index (χ1v) is 3.94. The number of rotatable bonds is 1. The Balaban J connectivity index is 1.97. The van der Waals surface area contributed by atoms with E-state index in [4.69, 9.17) is 10.5 Å². The van der Waals surface area contributed by atoms with Crippen molar-refractivity contribution in [2.45, 2.75) is 25.3 Å². The van der Waals surface area contributed by atoms with Gasteiger partial charge in [-0.15, -0.1) is 0 Å². The topological polar surface area (TPSA) is 35.2 Å². The van der Waals surface area contributed by atoms with Crippen molar-refractivity contribution in [2.24, 2.45) is 11.7 Å². The van der Waals surface area contributed by atoms with Gasteiger partial charge >= 0.3 is 0 Å². The van der Waals surface area contributed by atoms with Crippen molar-refractivity contribution in [1.29, 1.82) is 0 Å². The van der Waals surface area contributed by atoms with Crippen LogP contribution in [0, 0.1) is 5.92 Å². The van der Waals surface area contributed by atoms with Crippen molar-refractivity contribution in [3.63, 3.8) is 0 Å². The Kier molecular flexibility index (Phi) is 1.42. The maximum atomic E-state index is 5.70. The molecule has 1 fully saturated rings. The predicted octanol–water partition coefficient (Wildman–Crippen LogP) is 1.03. The molecule has 2 N–H and O–H groups in total. The monoisotopic (exact) mass is 139 g/mol. The summed E-state index contributed by atoms with van der Waals surface area (Å²) in [6.07, 6.45) is 5.48. The van der Waals surface area contributed by atoms with Gasteiger partial charge in [-0.3, -0.25) is 0 Å². The molecule has 0 aromatic rings. The zero-order chi connectivity index (χ0) is 6.97. The Bertz CT molecular complexity index is 165. The Hall–Kier alpha value is -0.500. The summed E-state index contributed by atoms with van der Waals surface area (Å²) in [6.45, 7) is 0.894. The summed E-state index contributed by atoms with van der Waals surface area (Å²) in [4.78, 5) is 0. The molecule has 10 heavy (non-hydrogen) atoms. The molecule has 0 aromatic heterocycles. The van der Waals surface area contributed by atoms with E-state index in [1.54, 1.807) is 0 Å². The minimum Gasteiger partial charge on any atom is -0.501 e. The summed E-state index contributed by atoms with van der Waals surface area (Å²) in [7, 11) is 0. The fourth-order valence-corrected chi connectivity index (χ4v) is 1.50. The maximum Gasteiger partial charge on any atom is 0.0876 e. The molecule has 2 nitrogen and oxygen atoms in total. The molecule has 1 saturated carbocycles. The molecule has 0 aromatic carbocycles.